The van der Waals surface area contributed by atoms with E-state index in [2.05, 4.69) is 4.74 Å². The number of fused-ring (bicyclic) bond motifs is 1. The van der Waals surface area contributed by atoms with Crippen LogP contribution in [0.2, 0.25) is 0 Å². The molecule has 3 nitrogen and oxygen atoms in total. The highest BCUT2D eigenvalue weighted by Gasteiger charge is 2.15. The summed E-state index contributed by atoms with van der Waals surface area (Å²) in [6, 6.07) is 5.82. The Labute approximate surface area is 97.4 Å². The summed E-state index contributed by atoms with van der Waals surface area (Å²) in [7, 11) is 1.24. The molecule has 0 aliphatic carbocycles. The van der Waals surface area contributed by atoms with Gasteiger partial charge in [-0.1, -0.05) is 6.07 Å². The fraction of sp³-hybridized carbons (Fsp3) is 0.154. The Balaban J connectivity index is 2.75. The van der Waals surface area contributed by atoms with Crippen molar-refractivity contribution < 1.29 is 19.0 Å². The summed E-state index contributed by atoms with van der Waals surface area (Å²) in [4.78, 5) is 11.4. The molecule has 2 rings (SSSR count). The molecular weight excluding hydrogens is 223 g/mol. The molecule has 1 N–H and O–H groups in total. The molecule has 0 radical (unpaired) electrons. The fourth-order valence-corrected chi connectivity index (χ4v) is 1.71. The van der Waals surface area contributed by atoms with Crippen molar-refractivity contribution in [2.24, 2.45) is 0 Å². The van der Waals surface area contributed by atoms with Crippen LogP contribution in [0.15, 0.2) is 24.3 Å². The fourth-order valence-electron chi connectivity index (χ4n) is 1.71. The van der Waals surface area contributed by atoms with Gasteiger partial charge in [0.25, 0.3) is 0 Å². The van der Waals surface area contributed by atoms with Crippen LogP contribution >= 0.6 is 0 Å². The van der Waals surface area contributed by atoms with Crippen molar-refractivity contribution >= 4 is 16.7 Å². The molecule has 0 spiro atoms. The Morgan fingerprint density at radius 3 is 2.71 bits per heavy atom. The SMILES string of the molecule is COC(=O)c1ccc2cc(F)c(C)cc2c1O. The number of phenolic OH excluding ortho intramolecular Hbond substituents is 1. The van der Waals surface area contributed by atoms with Crippen LogP contribution in [-0.2, 0) is 4.74 Å². The van der Waals surface area contributed by atoms with Crippen LogP contribution in [0, 0.1) is 12.7 Å². The van der Waals surface area contributed by atoms with Gasteiger partial charge in [-0.25, -0.2) is 9.18 Å². The number of hydrogen-bond acceptors (Lipinski definition) is 3. The van der Waals surface area contributed by atoms with E-state index in [0.717, 1.165) is 0 Å². The van der Waals surface area contributed by atoms with Gasteiger partial charge in [-0.05, 0) is 36.1 Å². The molecule has 0 aliphatic rings. The first-order valence-electron chi connectivity index (χ1n) is 5.04. The average Bonchev–Trinajstić information content (AvgIpc) is 2.31. The molecule has 0 amide bonds. The van der Waals surface area contributed by atoms with Crippen LogP contribution in [0.4, 0.5) is 4.39 Å². The van der Waals surface area contributed by atoms with Crippen LogP contribution in [0.5, 0.6) is 5.75 Å². The van der Waals surface area contributed by atoms with E-state index in [-0.39, 0.29) is 17.1 Å². The van der Waals surface area contributed by atoms with Crippen molar-refractivity contribution in [3.63, 3.8) is 0 Å². The Hall–Kier alpha value is -2.10. The number of carbonyl (C=O) groups excluding carboxylic acids is 1. The number of aromatic hydroxyl groups is 1. The molecule has 88 valence electrons. The average molecular weight is 234 g/mol. The van der Waals surface area contributed by atoms with Crippen molar-refractivity contribution in [2.45, 2.75) is 6.92 Å². The second-order valence-electron chi connectivity index (χ2n) is 3.78. The number of ether oxygens (including phenoxy) is 1. The van der Waals surface area contributed by atoms with Gasteiger partial charge in [-0.3, -0.25) is 0 Å². The maximum atomic E-state index is 13.3. The van der Waals surface area contributed by atoms with Crippen LogP contribution in [-0.4, -0.2) is 18.2 Å². The Morgan fingerprint density at radius 1 is 1.35 bits per heavy atom. The summed E-state index contributed by atoms with van der Waals surface area (Å²) in [6.45, 7) is 1.60. The predicted molar refractivity (Wildman–Crippen MR) is 61.6 cm³/mol. The van der Waals surface area contributed by atoms with E-state index in [1.165, 1.54) is 25.3 Å². The molecule has 0 bridgehead atoms. The maximum absolute atomic E-state index is 13.3. The number of halogens is 1. The first kappa shape index (κ1) is 11.4. The highest BCUT2D eigenvalue weighted by atomic mass is 19.1. The molecule has 2 aromatic rings. The first-order valence-corrected chi connectivity index (χ1v) is 5.04. The lowest BCUT2D eigenvalue weighted by atomic mass is 10.0. The number of phenols is 1. The van der Waals surface area contributed by atoms with Gasteiger partial charge in [-0.2, -0.15) is 0 Å². The monoisotopic (exact) mass is 234 g/mol. The van der Waals surface area contributed by atoms with E-state index in [0.29, 0.717) is 16.3 Å². The lowest BCUT2D eigenvalue weighted by Gasteiger charge is -2.07. The van der Waals surface area contributed by atoms with Gasteiger partial charge in [0.1, 0.15) is 17.1 Å². The standard InChI is InChI=1S/C13H11FO3/c1-7-5-10-8(6-11(7)14)3-4-9(12(10)15)13(16)17-2/h3-6,15H,1-2H3. The number of benzene rings is 2. The van der Waals surface area contributed by atoms with E-state index in [9.17, 15) is 14.3 Å². The summed E-state index contributed by atoms with van der Waals surface area (Å²) in [6.07, 6.45) is 0. The van der Waals surface area contributed by atoms with Crippen LogP contribution in [0.3, 0.4) is 0 Å². The van der Waals surface area contributed by atoms with Gasteiger partial charge in [0, 0.05) is 5.39 Å². The molecule has 0 unspecified atom stereocenters. The second-order valence-corrected chi connectivity index (χ2v) is 3.78. The zero-order chi connectivity index (χ0) is 12.6. The number of methoxy groups -OCH3 is 1. The minimum Gasteiger partial charge on any atom is -0.506 e. The highest BCUT2D eigenvalue weighted by Crippen LogP contribution is 2.30. The van der Waals surface area contributed by atoms with Crippen molar-refractivity contribution in [2.75, 3.05) is 7.11 Å². The van der Waals surface area contributed by atoms with Crippen molar-refractivity contribution in [1.29, 1.82) is 0 Å². The molecular formula is C13H11FO3. The molecule has 0 atom stereocenters. The smallest absolute Gasteiger partial charge is 0.341 e. The van der Waals surface area contributed by atoms with Crippen molar-refractivity contribution in [1.82, 2.24) is 0 Å². The van der Waals surface area contributed by atoms with E-state index in [4.69, 9.17) is 0 Å². The highest BCUT2D eigenvalue weighted by molar-refractivity contribution is 6.01. The number of hydrogen-bond donors (Lipinski definition) is 1. The van der Waals surface area contributed by atoms with E-state index in [1.54, 1.807) is 13.0 Å². The zero-order valence-electron chi connectivity index (χ0n) is 9.45. The predicted octanol–water partition coefficient (Wildman–Crippen LogP) is 2.78. The molecule has 0 heterocycles. The molecule has 0 saturated heterocycles. The summed E-state index contributed by atoms with van der Waals surface area (Å²) in [5.41, 5.74) is 0.487. The number of aryl methyl sites for hydroxylation is 1. The summed E-state index contributed by atoms with van der Waals surface area (Å²) in [5, 5.41) is 10.9. The van der Waals surface area contributed by atoms with Crippen LogP contribution in [0.1, 0.15) is 15.9 Å². The largest absolute Gasteiger partial charge is 0.506 e. The molecule has 0 fully saturated rings. The molecule has 17 heavy (non-hydrogen) atoms. The molecule has 4 heteroatoms. The van der Waals surface area contributed by atoms with Gasteiger partial charge >= 0.3 is 5.97 Å². The van der Waals surface area contributed by atoms with Crippen LogP contribution in [0.25, 0.3) is 10.8 Å². The Kier molecular flexibility index (Phi) is 2.71. The number of rotatable bonds is 1. The third-order valence-electron chi connectivity index (χ3n) is 2.68. The van der Waals surface area contributed by atoms with E-state index < -0.39 is 5.97 Å². The first-order chi connectivity index (χ1) is 8.04. The van der Waals surface area contributed by atoms with Gasteiger partial charge in [-0.15, -0.1) is 0 Å². The van der Waals surface area contributed by atoms with E-state index in [1.807, 2.05) is 0 Å². The van der Waals surface area contributed by atoms with Gasteiger partial charge < -0.3 is 9.84 Å². The Morgan fingerprint density at radius 2 is 2.06 bits per heavy atom. The minimum atomic E-state index is -0.619. The van der Waals surface area contributed by atoms with Gasteiger partial charge in [0.15, 0.2) is 0 Å². The second kappa shape index (κ2) is 4.05. The van der Waals surface area contributed by atoms with Crippen molar-refractivity contribution in [3.05, 3.63) is 41.2 Å². The third-order valence-corrected chi connectivity index (χ3v) is 2.68. The molecule has 0 saturated carbocycles. The summed E-state index contributed by atoms with van der Waals surface area (Å²) >= 11 is 0. The van der Waals surface area contributed by atoms with E-state index >= 15 is 0 Å². The molecule has 0 aromatic heterocycles. The van der Waals surface area contributed by atoms with Gasteiger partial charge in [0.05, 0.1) is 7.11 Å². The quantitative estimate of drug-likeness (QED) is 0.772. The minimum absolute atomic E-state index is 0.0750. The normalized spacial score (nSPS) is 10.5. The summed E-state index contributed by atoms with van der Waals surface area (Å²) < 4.78 is 17.9. The van der Waals surface area contributed by atoms with Crippen molar-refractivity contribution in [3.8, 4) is 5.75 Å². The summed E-state index contributed by atoms with van der Waals surface area (Å²) in [5.74, 6) is -1.15. The maximum Gasteiger partial charge on any atom is 0.341 e. The van der Waals surface area contributed by atoms with Crippen LogP contribution < -0.4 is 0 Å². The number of carbonyl (C=O) groups is 1. The molecule has 0 aliphatic heterocycles. The lowest BCUT2D eigenvalue weighted by molar-refractivity contribution is 0.0598. The number of esters is 1. The molecule has 2 aromatic carbocycles. The Bertz CT molecular complexity index is 605. The lowest BCUT2D eigenvalue weighted by Crippen LogP contribution is -2.01. The topological polar surface area (TPSA) is 46.5 Å². The zero-order valence-corrected chi connectivity index (χ0v) is 9.45. The third kappa shape index (κ3) is 1.82. The van der Waals surface area contributed by atoms with Gasteiger partial charge in [0.2, 0.25) is 0 Å².